The molecule has 1 aliphatic heterocycles. The van der Waals surface area contributed by atoms with Gasteiger partial charge in [0.05, 0.1) is 17.9 Å². The van der Waals surface area contributed by atoms with Crippen LogP contribution in [0.2, 0.25) is 0 Å². The summed E-state index contributed by atoms with van der Waals surface area (Å²) in [6.45, 7) is 1.14. The molecule has 1 N–H and O–H groups in total. The van der Waals surface area contributed by atoms with E-state index in [1.165, 1.54) is 18.1 Å². The Hall–Kier alpha value is -2.08. The lowest BCUT2D eigenvalue weighted by Crippen LogP contribution is -2.34. The van der Waals surface area contributed by atoms with Gasteiger partial charge in [-0.25, -0.2) is 0 Å². The molecule has 0 aromatic carbocycles. The maximum Gasteiger partial charge on any atom is 0.254 e. The molecule has 0 radical (unpaired) electrons. The lowest BCUT2D eigenvalue weighted by Gasteiger charge is -2.24. The summed E-state index contributed by atoms with van der Waals surface area (Å²) in [4.78, 5) is 26.1. The van der Waals surface area contributed by atoms with Crippen molar-refractivity contribution in [2.45, 2.75) is 25.3 Å². The average Bonchev–Trinajstić information content (AvgIpc) is 3.26. The average molecular weight is 318 g/mol. The third-order valence-corrected chi connectivity index (χ3v) is 4.61. The van der Waals surface area contributed by atoms with E-state index in [9.17, 15) is 9.59 Å². The third kappa shape index (κ3) is 3.22. The first-order chi connectivity index (χ1) is 10.8. The zero-order valence-electron chi connectivity index (χ0n) is 12.2. The highest BCUT2D eigenvalue weighted by atomic mass is 32.1. The van der Waals surface area contributed by atoms with E-state index >= 15 is 0 Å². The third-order valence-electron chi connectivity index (χ3n) is 3.91. The first kappa shape index (κ1) is 14.8. The number of rotatable bonds is 5. The quantitative estimate of drug-likeness (QED) is 0.922. The Bertz CT molecular complexity index is 622. The molecule has 3 rings (SSSR count). The number of nitrogens with zero attached hydrogens (tertiary/aromatic N) is 1. The van der Waals surface area contributed by atoms with Gasteiger partial charge < -0.3 is 14.6 Å². The van der Waals surface area contributed by atoms with Crippen LogP contribution in [0.3, 0.4) is 0 Å². The van der Waals surface area contributed by atoms with Crippen LogP contribution in [0.15, 0.2) is 39.8 Å². The number of nitrogens with one attached hydrogen (secondary N) is 1. The number of amides is 2. The number of likely N-dealkylation sites (tertiary alicyclic amines) is 1. The molecule has 6 heteroatoms. The van der Waals surface area contributed by atoms with Gasteiger partial charge in [-0.1, -0.05) is 0 Å². The van der Waals surface area contributed by atoms with Gasteiger partial charge in [-0.15, -0.1) is 0 Å². The van der Waals surface area contributed by atoms with Crippen LogP contribution in [0.5, 0.6) is 0 Å². The Balaban J connectivity index is 1.50. The Kier molecular flexibility index (Phi) is 4.58. The van der Waals surface area contributed by atoms with Crippen molar-refractivity contribution in [3.8, 4) is 0 Å². The highest BCUT2D eigenvalue weighted by Crippen LogP contribution is 2.33. The molecule has 0 bridgehead atoms. The molecule has 1 unspecified atom stereocenters. The predicted octanol–water partition coefficient (Wildman–Crippen LogP) is 2.82. The predicted molar refractivity (Wildman–Crippen MR) is 83.7 cm³/mol. The number of hydrogen-bond acceptors (Lipinski definition) is 4. The van der Waals surface area contributed by atoms with Gasteiger partial charge in [-0.2, -0.15) is 11.3 Å². The van der Waals surface area contributed by atoms with Crippen molar-refractivity contribution >= 4 is 23.2 Å². The largest absolute Gasteiger partial charge is 0.472 e. The summed E-state index contributed by atoms with van der Waals surface area (Å²) in [6.07, 6.45) is 5.22. The fraction of sp³-hybridized carbons (Fsp3) is 0.375. The van der Waals surface area contributed by atoms with Gasteiger partial charge >= 0.3 is 0 Å². The minimum Gasteiger partial charge on any atom is -0.472 e. The molecule has 2 aromatic rings. The van der Waals surface area contributed by atoms with E-state index < -0.39 is 0 Å². The van der Waals surface area contributed by atoms with Gasteiger partial charge in [-0.3, -0.25) is 9.59 Å². The molecule has 2 amide bonds. The van der Waals surface area contributed by atoms with Crippen LogP contribution in [0.1, 0.15) is 41.2 Å². The first-order valence-corrected chi connectivity index (χ1v) is 8.32. The molecule has 0 saturated carbocycles. The van der Waals surface area contributed by atoms with Crippen molar-refractivity contribution in [1.82, 2.24) is 10.2 Å². The fourth-order valence-electron chi connectivity index (χ4n) is 2.80. The Morgan fingerprint density at radius 3 is 3.05 bits per heavy atom. The molecule has 116 valence electrons. The second-order valence-corrected chi connectivity index (χ2v) is 6.10. The van der Waals surface area contributed by atoms with Gasteiger partial charge in [0.15, 0.2) is 0 Å². The molecule has 5 nitrogen and oxygen atoms in total. The van der Waals surface area contributed by atoms with E-state index in [-0.39, 0.29) is 17.9 Å². The lowest BCUT2D eigenvalue weighted by atomic mass is 10.1. The molecular weight excluding hydrogens is 300 g/mol. The lowest BCUT2D eigenvalue weighted by molar-refractivity contribution is -0.132. The summed E-state index contributed by atoms with van der Waals surface area (Å²) < 4.78 is 4.86. The fourth-order valence-corrected chi connectivity index (χ4v) is 3.51. The van der Waals surface area contributed by atoms with Gasteiger partial charge in [0, 0.05) is 19.5 Å². The second kappa shape index (κ2) is 6.79. The number of carbonyl (C=O) groups is 2. The number of carbonyl (C=O) groups excluding carboxylic acids is 2. The normalized spacial score (nSPS) is 17.6. The zero-order valence-corrected chi connectivity index (χ0v) is 13.0. The monoisotopic (exact) mass is 318 g/mol. The molecule has 0 aliphatic carbocycles. The van der Waals surface area contributed by atoms with Crippen LogP contribution in [-0.4, -0.2) is 29.8 Å². The van der Waals surface area contributed by atoms with Crippen LogP contribution < -0.4 is 5.32 Å². The maximum absolute atomic E-state index is 12.4. The highest BCUT2D eigenvalue weighted by molar-refractivity contribution is 7.07. The van der Waals surface area contributed by atoms with Crippen molar-refractivity contribution in [2.75, 3.05) is 13.1 Å². The van der Waals surface area contributed by atoms with E-state index in [4.69, 9.17) is 4.42 Å². The van der Waals surface area contributed by atoms with Crippen molar-refractivity contribution < 1.29 is 14.0 Å². The van der Waals surface area contributed by atoms with E-state index in [0.717, 1.165) is 19.4 Å². The number of furan rings is 1. The van der Waals surface area contributed by atoms with Crippen molar-refractivity contribution in [1.29, 1.82) is 0 Å². The first-order valence-electron chi connectivity index (χ1n) is 7.37. The molecule has 1 fully saturated rings. The molecule has 22 heavy (non-hydrogen) atoms. The second-order valence-electron chi connectivity index (χ2n) is 5.32. The Morgan fingerprint density at radius 2 is 2.32 bits per heavy atom. The van der Waals surface area contributed by atoms with Crippen LogP contribution in [-0.2, 0) is 4.79 Å². The van der Waals surface area contributed by atoms with Crippen molar-refractivity contribution in [2.24, 2.45) is 0 Å². The SMILES string of the molecule is O=C(NCCC(=O)N1CCCC1c1ccsc1)c1ccoc1. The van der Waals surface area contributed by atoms with Crippen molar-refractivity contribution in [3.63, 3.8) is 0 Å². The minimum absolute atomic E-state index is 0.0983. The van der Waals surface area contributed by atoms with Gasteiger partial charge in [0.25, 0.3) is 5.91 Å². The van der Waals surface area contributed by atoms with Crippen LogP contribution in [0.25, 0.3) is 0 Å². The summed E-state index contributed by atoms with van der Waals surface area (Å²) in [6, 6.07) is 3.88. The van der Waals surface area contributed by atoms with Gasteiger partial charge in [0.2, 0.25) is 5.91 Å². The van der Waals surface area contributed by atoms with E-state index in [1.54, 1.807) is 17.4 Å². The van der Waals surface area contributed by atoms with Crippen LogP contribution in [0, 0.1) is 0 Å². The Morgan fingerprint density at radius 1 is 1.41 bits per heavy atom. The van der Waals surface area contributed by atoms with E-state index in [1.807, 2.05) is 10.3 Å². The summed E-state index contributed by atoms with van der Waals surface area (Å²) in [7, 11) is 0. The van der Waals surface area contributed by atoms with Crippen LogP contribution >= 0.6 is 11.3 Å². The molecular formula is C16H18N2O3S. The minimum atomic E-state index is -0.211. The summed E-state index contributed by atoms with van der Waals surface area (Å²) >= 11 is 1.66. The molecule has 3 heterocycles. The summed E-state index contributed by atoms with van der Waals surface area (Å²) in [5.74, 6) is -0.112. The summed E-state index contributed by atoms with van der Waals surface area (Å²) in [5.41, 5.74) is 1.70. The molecule has 0 spiro atoms. The van der Waals surface area contributed by atoms with E-state index in [0.29, 0.717) is 18.5 Å². The number of thiophene rings is 1. The van der Waals surface area contributed by atoms with E-state index in [2.05, 4.69) is 16.8 Å². The molecule has 1 atom stereocenters. The molecule has 1 saturated heterocycles. The van der Waals surface area contributed by atoms with Gasteiger partial charge in [0.1, 0.15) is 6.26 Å². The standard InChI is InChI=1S/C16H18N2O3S/c19-15(3-6-17-16(20)12-4-8-21-10-12)18-7-1-2-14(18)13-5-9-22-11-13/h4-5,8-11,14H,1-3,6-7H2,(H,17,20). The van der Waals surface area contributed by atoms with Gasteiger partial charge in [-0.05, 0) is 41.3 Å². The number of hydrogen-bond donors (Lipinski definition) is 1. The smallest absolute Gasteiger partial charge is 0.254 e. The van der Waals surface area contributed by atoms with Crippen molar-refractivity contribution in [3.05, 3.63) is 46.5 Å². The van der Waals surface area contributed by atoms with Crippen LogP contribution in [0.4, 0.5) is 0 Å². The maximum atomic E-state index is 12.4. The Labute approximate surface area is 132 Å². The topological polar surface area (TPSA) is 62.6 Å². The summed E-state index contributed by atoms with van der Waals surface area (Å²) in [5, 5.41) is 6.90. The molecule has 2 aromatic heterocycles. The zero-order chi connectivity index (χ0) is 15.4. The highest BCUT2D eigenvalue weighted by Gasteiger charge is 2.29. The molecule has 1 aliphatic rings.